The van der Waals surface area contributed by atoms with E-state index in [-0.39, 0.29) is 0 Å². The second-order valence-electron chi connectivity index (χ2n) is 6.58. The first-order valence-corrected chi connectivity index (χ1v) is 9.29. The Morgan fingerprint density at radius 1 is 0.962 bits per heavy atom. The van der Waals surface area contributed by atoms with Crippen molar-refractivity contribution >= 4 is 11.6 Å². The smallest absolute Gasteiger partial charge is 0.203 e. The van der Waals surface area contributed by atoms with Crippen LogP contribution in [0.3, 0.4) is 0 Å². The Labute approximate surface area is 156 Å². The lowest BCUT2D eigenvalue weighted by Gasteiger charge is -2.21. The molecule has 0 amide bonds. The van der Waals surface area contributed by atoms with Gasteiger partial charge in [-0.05, 0) is 44.0 Å². The second-order valence-corrected chi connectivity index (χ2v) is 6.58. The van der Waals surface area contributed by atoms with Crippen LogP contribution in [0.2, 0.25) is 0 Å². The number of nitrogens with one attached hydrogen (secondary N) is 1. The van der Waals surface area contributed by atoms with Crippen LogP contribution in [0.5, 0.6) is 0 Å². The highest BCUT2D eigenvalue weighted by Gasteiger charge is 2.08. The predicted octanol–water partition coefficient (Wildman–Crippen LogP) is 4.85. The molecule has 0 bridgehead atoms. The minimum Gasteiger partial charge on any atom is -0.372 e. The van der Waals surface area contributed by atoms with E-state index in [1.54, 1.807) is 0 Å². The number of hydrogen-bond donors (Lipinski definition) is 1. The molecule has 0 spiro atoms. The predicted molar refractivity (Wildman–Crippen MR) is 111 cm³/mol. The standard InChI is InChI=1S/C22H28N4/c1-5-26(6-2)20-13-9-18(10-14-20)15-23-22-24-16-21(25(22)4)19-11-7-17(3)8-12-19/h7-14,16H,5-6,15H2,1-4H3,(H,23,24). The lowest BCUT2D eigenvalue weighted by Crippen LogP contribution is -2.21. The SMILES string of the molecule is CCN(CC)c1ccc(CNc2ncc(-c3ccc(C)cc3)n2C)cc1. The van der Waals surface area contributed by atoms with E-state index in [0.29, 0.717) is 0 Å². The van der Waals surface area contributed by atoms with Gasteiger partial charge >= 0.3 is 0 Å². The first-order valence-electron chi connectivity index (χ1n) is 9.29. The number of imidazole rings is 1. The van der Waals surface area contributed by atoms with Crippen molar-refractivity contribution in [2.24, 2.45) is 7.05 Å². The van der Waals surface area contributed by atoms with E-state index >= 15 is 0 Å². The fourth-order valence-electron chi connectivity index (χ4n) is 3.16. The maximum Gasteiger partial charge on any atom is 0.203 e. The van der Waals surface area contributed by atoms with Crippen LogP contribution >= 0.6 is 0 Å². The monoisotopic (exact) mass is 348 g/mol. The molecule has 1 N–H and O–H groups in total. The van der Waals surface area contributed by atoms with Crippen LogP contribution in [0.15, 0.2) is 54.7 Å². The van der Waals surface area contributed by atoms with Crippen molar-refractivity contribution < 1.29 is 0 Å². The first-order chi connectivity index (χ1) is 12.6. The summed E-state index contributed by atoms with van der Waals surface area (Å²) in [4.78, 5) is 6.90. The summed E-state index contributed by atoms with van der Waals surface area (Å²) >= 11 is 0. The molecular formula is C22H28N4. The Morgan fingerprint density at radius 3 is 2.23 bits per heavy atom. The fraction of sp³-hybridized carbons (Fsp3) is 0.318. The van der Waals surface area contributed by atoms with Crippen LogP contribution < -0.4 is 10.2 Å². The molecule has 4 nitrogen and oxygen atoms in total. The van der Waals surface area contributed by atoms with Gasteiger partial charge in [0.15, 0.2) is 0 Å². The summed E-state index contributed by atoms with van der Waals surface area (Å²) in [6, 6.07) is 17.3. The fourth-order valence-corrected chi connectivity index (χ4v) is 3.16. The van der Waals surface area contributed by atoms with Gasteiger partial charge in [0, 0.05) is 32.4 Å². The number of aryl methyl sites for hydroxylation is 1. The van der Waals surface area contributed by atoms with Crippen molar-refractivity contribution in [1.82, 2.24) is 9.55 Å². The summed E-state index contributed by atoms with van der Waals surface area (Å²) in [6.07, 6.45) is 1.93. The lowest BCUT2D eigenvalue weighted by atomic mass is 10.1. The number of hydrogen-bond acceptors (Lipinski definition) is 3. The van der Waals surface area contributed by atoms with Gasteiger partial charge in [-0.15, -0.1) is 0 Å². The molecule has 26 heavy (non-hydrogen) atoms. The van der Waals surface area contributed by atoms with Crippen molar-refractivity contribution in [2.45, 2.75) is 27.3 Å². The minimum atomic E-state index is 0.761. The molecule has 3 aromatic rings. The molecule has 0 aliphatic carbocycles. The topological polar surface area (TPSA) is 33.1 Å². The summed E-state index contributed by atoms with van der Waals surface area (Å²) < 4.78 is 2.11. The Kier molecular flexibility index (Phi) is 5.61. The number of aromatic nitrogens is 2. The maximum absolute atomic E-state index is 4.55. The molecule has 0 saturated carbocycles. The Balaban J connectivity index is 1.68. The summed E-state index contributed by atoms with van der Waals surface area (Å²) in [6.45, 7) is 9.30. The molecule has 0 fully saturated rings. The van der Waals surface area contributed by atoms with E-state index in [9.17, 15) is 0 Å². The molecule has 0 aliphatic heterocycles. The number of anilines is 2. The molecule has 1 heterocycles. The third-order valence-corrected chi connectivity index (χ3v) is 4.85. The molecule has 0 atom stereocenters. The van der Waals surface area contributed by atoms with Gasteiger partial charge in [0.25, 0.3) is 0 Å². The zero-order valence-electron chi connectivity index (χ0n) is 16.2. The van der Waals surface area contributed by atoms with E-state index in [1.807, 2.05) is 13.2 Å². The molecule has 2 aromatic carbocycles. The third kappa shape index (κ3) is 3.90. The molecule has 0 aliphatic rings. The molecule has 1 aromatic heterocycles. The zero-order chi connectivity index (χ0) is 18.5. The van der Waals surface area contributed by atoms with E-state index in [2.05, 4.69) is 89.1 Å². The van der Waals surface area contributed by atoms with Crippen molar-refractivity contribution in [3.63, 3.8) is 0 Å². The average molecular weight is 348 g/mol. The molecule has 3 rings (SSSR count). The van der Waals surface area contributed by atoms with E-state index in [0.717, 1.165) is 31.3 Å². The normalized spacial score (nSPS) is 10.8. The van der Waals surface area contributed by atoms with Gasteiger partial charge in [-0.1, -0.05) is 42.0 Å². The van der Waals surface area contributed by atoms with Crippen molar-refractivity contribution in [3.8, 4) is 11.3 Å². The highest BCUT2D eigenvalue weighted by atomic mass is 15.2. The second kappa shape index (κ2) is 8.09. The average Bonchev–Trinajstić information content (AvgIpc) is 3.03. The minimum absolute atomic E-state index is 0.761. The third-order valence-electron chi connectivity index (χ3n) is 4.85. The van der Waals surface area contributed by atoms with Crippen molar-refractivity contribution in [2.75, 3.05) is 23.3 Å². The Morgan fingerprint density at radius 2 is 1.62 bits per heavy atom. The molecule has 136 valence electrons. The molecule has 0 unspecified atom stereocenters. The van der Waals surface area contributed by atoms with Crippen molar-refractivity contribution in [1.29, 1.82) is 0 Å². The first kappa shape index (κ1) is 18.1. The maximum atomic E-state index is 4.55. The van der Waals surface area contributed by atoms with Crippen LogP contribution in [0.1, 0.15) is 25.0 Å². The van der Waals surface area contributed by atoms with Gasteiger partial charge in [0.1, 0.15) is 0 Å². The summed E-state index contributed by atoms with van der Waals surface area (Å²) in [7, 11) is 2.05. The van der Waals surface area contributed by atoms with Gasteiger partial charge < -0.3 is 14.8 Å². The largest absolute Gasteiger partial charge is 0.372 e. The highest BCUT2D eigenvalue weighted by molar-refractivity contribution is 5.62. The number of benzene rings is 2. The van der Waals surface area contributed by atoms with Gasteiger partial charge in [0.05, 0.1) is 11.9 Å². The van der Waals surface area contributed by atoms with Crippen LogP contribution in [0.25, 0.3) is 11.3 Å². The van der Waals surface area contributed by atoms with Crippen molar-refractivity contribution in [3.05, 3.63) is 65.9 Å². The molecule has 0 radical (unpaired) electrons. The van der Waals surface area contributed by atoms with Gasteiger partial charge in [-0.2, -0.15) is 0 Å². The lowest BCUT2D eigenvalue weighted by molar-refractivity contribution is 0.865. The zero-order valence-corrected chi connectivity index (χ0v) is 16.2. The summed E-state index contributed by atoms with van der Waals surface area (Å²) in [5.74, 6) is 0.883. The van der Waals surface area contributed by atoms with E-state index < -0.39 is 0 Å². The van der Waals surface area contributed by atoms with Gasteiger partial charge in [0.2, 0.25) is 5.95 Å². The Hall–Kier alpha value is -2.75. The quantitative estimate of drug-likeness (QED) is 0.662. The van der Waals surface area contributed by atoms with E-state index in [4.69, 9.17) is 0 Å². The summed E-state index contributed by atoms with van der Waals surface area (Å²) in [5.41, 5.74) is 6.09. The highest BCUT2D eigenvalue weighted by Crippen LogP contribution is 2.23. The van der Waals surface area contributed by atoms with Gasteiger partial charge in [-0.25, -0.2) is 4.98 Å². The number of nitrogens with zero attached hydrogens (tertiary/aromatic N) is 3. The number of rotatable bonds is 7. The Bertz CT molecular complexity index is 828. The van der Waals surface area contributed by atoms with E-state index in [1.165, 1.54) is 22.4 Å². The van der Waals surface area contributed by atoms with Crippen LogP contribution in [-0.4, -0.2) is 22.6 Å². The summed E-state index contributed by atoms with van der Waals surface area (Å²) in [5, 5.41) is 3.45. The van der Waals surface area contributed by atoms with Crippen LogP contribution in [-0.2, 0) is 13.6 Å². The van der Waals surface area contributed by atoms with Crippen LogP contribution in [0.4, 0.5) is 11.6 Å². The van der Waals surface area contributed by atoms with Gasteiger partial charge in [-0.3, -0.25) is 0 Å². The molecule has 0 saturated heterocycles. The molecule has 4 heteroatoms. The van der Waals surface area contributed by atoms with Crippen LogP contribution in [0, 0.1) is 6.92 Å². The molecular weight excluding hydrogens is 320 g/mol.